The van der Waals surface area contributed by atoms with Gasteiger partial charge in [0, 0.05) is 22.8 Å². The van der Waals surface area contributed by atoms with Crippen molar-refractivity contribution >= 4 is 28.3 Å². The van der Waals surface area contributed by atoms with Gasteiger partial charge in [-0.25, -0.2) is 4.98 Å². The van der Waals surface area contributed by atoms with Crippen LogP contribution in [0.25, 0.3) is 11.0 Å². The molecular formula is C16H16ClN3O. The molecule has 0 aliphatic heterocycles. The van der Waals surface area contributed by atoms with Crippen molar-refractivity contribution in [2.75, 3.05) is 12.4 Å². The minimum atomic E-state index is 0.641. The van der Waals surface area contributed by atoms with Crippen molar-refractivity contribution in [3.05, 3.63) is 52.8 Å². The number of fused-ring (bicyclic) bond motifs is 1. The molecule has 0 amide bonds. The second-order valence-corrected chi connectivity index (χ2v) is 5.30. The molecule has 1 heterocycles. The zero-order valence-electron chi connectivity index (χ0n) is 11.9. The summed E-state index contributed by atoms with van der Waals surface area (Å²) in [5, 5.41) is 4.08. The fourth-order valence-corrected chi connectivity index (χ4v) is 2.52. The first-order valence-corrected chi connectivity index (χ1v) is 7.06. The Hall–Kier alpha value is -2.20. The first kappa shape index (κ1) is 13.8. The van der Waals surface area contributed by atoms with E-state index in [9.17, 15) is 0 Å². The second-order valence-electron chi connectivity index (χ2n) is 4.86. The van der Waals surface area contributed by atoms with Crippen LogP contribution >= 0.6 is 11.6 Å². The maximum Gasteiger partial charge on any atom is 0.123 e. The summed E-state index contributed by atoms with van der Waals surface area (Å²) in [7, 11) is 1.66. The van der Waals surface area contributed by atoms with Gasteiger partial charge in [0.1, 0.15) is 11.6 Å². The highest BCUT2D eigenvalue weighted by Gasteiger charge is 2.05. The number of halogens is 1. The van der Waals surface area contributed by atoms with Gasteiger partial charge in [0.25, 0.3) is 0 Å². The van der Waals surface area contributed by atoms with Crippen LogP contribution in [0, 0.1) is 6.92 Å². The van der Waals surface area contributed by atoms with Gasteiger partial charge in [0.15, 0.2) is 0 Å². The molecule has 3 rings (SSSR count). The van der Waals surface area contributed by atoms with Crippen molar-refractivity contribution in [2.45, 2.75) is 13.5 Å². The normalized spacial score (nSPS) is 10.8. The Morgan fingerprint density at radius 3 is 2.90 bits per heavy atom. The summed E-state index contributed by atoms with van der Waals surface area (Å²) in [4.78, 5) is 7.62. The number of anilines is 1. The van der Waals surface area contributed by atoms with E-state index >= 15 is 0 Å². The van der Waals surface area contributed by atoms with E-state index < -0.39 is 0 Å². The van der Waals surface area contributed by atoms with Crippen molar-refractivity contribution in [3.63, 3.8) is 0 Å². The summed E-state index contributed by atoms with van der Waals surface area (Å²) < 4.78 is 5.35. The highest BCUT2D eigenvalue weighted by molar-refractivity contribution is 6.30. The topological polar surface area (TPSA) is 49.9 Å². The third kappa shape index (κ3) is 2.95. The third-order valence-corrected chi connectivity index (χ3v) is 3.56. The van der Waals surface area contributed by atoms with Gasteiger partial charge >= 0.3 is 0 Å². The van der Waals surface area contributed by atoms with Gasteiger partial charge < -0.3 is 15.0 Å². The smallest absolute Gasteiger partial charge is 0.123 e. The number of hydrogen-bond donors (Lipinski definition) is 2. The lowest BCUT2D eigenvalue weighted by molar-refractivity contribution is 0.410. The van der Waals surface area contributed by atoms with Gasteiger partial charge in [0.2, 0.25) is 0 Å². The van der Waals surface area contributed by atoms with Gasteiger partial charge in [-0.15, -0.1) is 0 Å². The van der Waals surface area contributed by atoms with Gasteiger partial charge in [-0.1, -0.05) is 11.6 Å². The van der Waals surface area contributed by atoms with Crippen molar-refractivity contribution in [2.24, 2.45) is 0 Å². The molecule has 108 valence electrons. The second kappa shape index (κ2) is 5.66. The number of aryl methyl sites for hydroxylation is 1. The average Bonchev–Trinajstić information content (AvgIpc) is 2.84. The van der Waals surface area contributed by atoms with E-state index in [0.717, 1.165) is 33.9 Å². The lowest BCUT2D eigenvalue weighted by Gasteiger charge is -2.11. The Kier molecular flexibility index (Phi) is 3.71. The van der Waals surface area contributed by atoms with Crippen LogP contribution in [0.5, 0.6) is 5.75 Å². The average molecular weight is 302 g/mol. The summed E-state index contributed by atoms with van der Waals surface area (Å²) in [6, 6.07) is 11.7. The van der Waals surface area contributed by atoms with E-state index in [-0.39, 0.29) is 0 Å². The van der Waals surface area contributed by atoms with E-state index in [1.54, 1.807) is 7.11 Å². The summed E-state index contributed by atoms with van der Waals surface area (Å²) >= 11 is 6.04. The molecule has 5 heteroatoms. The zero-order valence-corrected chi connectivity index (χ0v) is 12.7. The van der Waals surface area contributed by atoms with Crippen LogP contribution in [0.2, 0.25) is 5.02 Å². The number of rotatable bonds is 4. The predicted molar refractivity (Wildman–Crippen MR) is 86.2 cm³/mol. The van der Waals surface area contributed by atoms with Gasteiger partial charge in [0.05, 0.1) is 18.1 Å². The monoisotopic (exact) mass is 301 g/mol. The molecule has 0 spiro atoms. The molecule has 0 fully saturated rings. The molecule has 0 atom stereocenters. The standard InChI is InChI=1S/C16H16ClN3O/c1-10-19-14-5-4-13(8-15(14)20-10)18-9-11-7-12(17)3-6-16(11)21-2/h3-8,18H,9H2,1-2H3,(H,19,20). The lowest BCUT2D eigenvalue weighted by atomic mass is 10.2. The minimum absolute atomic E-state index is 0.641. The molecule has 21 heavy (non-hydrogen) atoms. The molecule has 0 radical (unpaired) electrons. The highest BCUT2D eigenvalue weighted by atomic mass is 35.5. The van der Waals surface area contributed by atoms with E-state index in [1.807, 2.05) is 43.3 Å². The molecule has 1 aromatic heterocycles. The minimum Gasteiger partial charge on any atom is -0.496 e. The van der Waals surface area contributed by atoms with Crippen molar-refractivity contribution in [1.29, 1.82) is 0 Å². The van der Waals surface area contributed by atoms with Crippen LogP contribution in [0.4, 0.5) is 5.69 Å². The van der Waals surface area contributed by atoms with E-state index in [0.29, 0.717) is 11.6 Å². The molecule has 0 aliphatic rings. The van der Waals surface area contributed by atoms with Crippen LogP contribution in [0.3, 0.4) is 0 Å². The first-order chi connectivity index (χ1) is 10.2. The molecule has 0 aliphatic carbocycles. The Balaban J connectivity index is 1.81. The Labute approximate surface area is 128 Å². The zero-order chi connectivity index (χ0) is 14.8. The molecule has 4 nitrogen and oxygen atoms in total. The summed E-state index contributed by atoms with van der Waals surface area (Å²) in [5.74, 6) is 1.74. The van der Waals surface area contributed by atoms with E-state index in [4.69, 9.17) is 16.3 Å². The molecule has 0 saturated heterocycles. The van der Waals surface area contributed by atoms with Gasteiger partial charge in [-0.2, -0.15) is 0 Å². The Morgan fingerprint density at radius 1 is 1.24 bits per heavy atom. The summed E-state index contributed by atoms with van der Waals surface area (Å²) in [6.07, 6.45) is 0. The number of ether oxygens (including phenoxy) is 1. The molecule has 0 saturated carbocycles. The summed E-state index contributed by atoms with van der Waals surface area (Å²) in [5.41, 5.74) is 4.04. The lowest BCUT2D eigenvalue weighted by Crippen LogP contribution is -2.01. The number of benzene rings is 2. The number of nitrogens with one attached hydrogen (secondary N) is 2. The Morgan fingerprint density at radius 2 is 2.10 bits per heavy atom. The quantitative estimate of drug-likeness (QED) is 0.761. The molecule has 2 aromatic carbocycles. The van der Waals surface area contributed by atoms with Gasteiger partial charge in [-0.3, -0.25) is 0 Å². The highest BCUT2D eigenvalue weighted by Crippen LogP contribution is 2.24. The first-order valence-electron chi connectivity index (χ1n) is 6.68. The number of nitrogens with zero attached hydrogens (tertiary/aromatic N) is 1. The van der Waals surface area contributed by atoms with Crippen molar-refractivity contribution < 1.29 is 4.74 Å². The number of imidazole rings is 1. The largest absolute Gasteiger partial charge is 0.496 e. The molecule has 2 N–H and O–H groups in total. The molecule has 3 aromatic rings. The molecular weight excluding hydrogens is 286 g/mol. The molecule has 0 unspecified atom stereocenters. The fourth-order valence-electron chi connectivity index (χ4n) is 2.33. The van der Waals surface area contributed by atoms with Crippen LogP contribution in [0.15, 0.2) is 36.4 Å². The van der Waals surface area contributed by atoms with Crippen LogP contribution < -0.4 is 10.1 Å². The SMILES string of the molecule is COc1ccc(Cl)cc1CNc1ccc2nc(C)[nH]c2c1. The molecule has 0 bridgehead atoms. The van der Waals surface area contributed by atoms with E-state index in [1.165, 1.54) is 0 Å². The summed E-state index contributed by atoms with van der Waals surface area (Å²) in [6.45, 7) is 2.59. The van der Waals surface area contributed by atoms with Crippen molar-refractivity contribution in [1.82, 2.24) is 9.97 Å². The maximum atomic E-state index is 6.04. The Bertz CT molecular complexity index is 782. The third-order valence-electron chi connectivity index (χ3n) is 3.33. The van der Waals surface area contributed by atoms with Crippen molar-refractivity contribution in [3.8, 4) is 5.75 Å². The van der Waals surface area contributed by atoms with Gasteiger partial charge in [-0.05, 0) is 43.3 Å². The van der Waals surface area contributed by atoms with E-state index in [2.05, 4.69) is 15.3 Å². The fraction of sp³-hybridized carbons (Fsp3) is 0.188. The maximum absolute atomic E-state index is 6.04. The van der Waals surface area contributed by atoms with Crippen LogP contribution in [-0.4, -0.2) is 17.1 Å². The van der Waals surface area contributed by atoms with Crippen LogP contribution in [0.1, 0.15) is 11.4 Å². The number of aromatic amines is 1. The number of H-pyrrole nitrogens is 1. The number of aromatic nitrogens is 2. The number of methoxy groups -OCH3 is 1. The van der Waals surface area contributed by atoms with Crippen LogP contribution in [-0.2, 0) is 6.54 Å². The number of hydrogen-bond acceptors (Lipinski definition) is 3. The predicted octanol–water partition coefficient (Wildman–Crippen LogP) is 4.15.